The van der Waals surface area contributed by atoms with Crippen LogP contribution in [0.2, 0.25) is 0 Å². The van der Waals surface area contributed by atoms with Crippen molar-refractivity contribution in [1.29, 1.82) is 0 Å². The second kappa shape index (κ2) is 9.55. The number of nitrogens with one attached hydrogen (secondary N) is 1. The minimum Gasteiger partial charge on any atom is -0.481 e. The number of allylic oxidation sites excluding steroid dienone is 1. The average molecular weight is 355 g/mol. The molecule has 1 fully saturated rings. The Morgan fingerprint density at radius 2 is 2.20 bits per heavy atom. The number of unbranched alkanes of at least 4 members (excludes halogenated alkanes) is 2. The molecule has 0 heterocycles. The largest absolute Gasteiger partial charge is 0.481 e. The zero-order valence-corrected chi connectivity index (χ0v) is 15.2. The van der Waals surface area contributed by atoms with Crippen LogP contribution < -0.4 is 5.48 Å². The Hall–Kier alpha value is -1.11. The van der Waals surface area contributed by atoms with Gasteiger partial charge in [0.05, 0.1) is 24.7 Å². The van der Waals surface area contributed by atoms with Crippen molar-refractivity contribution in [2.75, 3.05) is 6.61 Å². The standard InChI is InChI=1S/C19H33NO5/c1-2-3-4-5-17(21)9-8-14-6-7-15-12-16(13-19(14,15)24)20-25-11-10-18(22)23/h13-15,17,20-21,24H,2-12H2,1H3,(H,22,23)/t14-,15-,17?,19+/m0/s1. The third-order valence-electron chi connectivity index (χ3n) is 5.65. The molecule has 0 aromatic carbocycles. The van der Waals surface area contributed by atoms with Crippen molar-refractivity contribution in [3.05, 3.63) is 11.8 Å². The molecule has 4 atom stereocenters. The minimum atomic E-state index is -0.893. The Balaban J connectivity index is 1.77. The molecule has 2 rings (SSSR count). The van der Waals surface area contributed by atoms with E-state index in [1.807, 2.05) is 6.08 Å². The fraction of sp³-hybridized carbons (Fsp3) is 0.842. The van der Waals surface area contributed by atoms with Gasteiger partial charge in [0.2, 0.25) is 0 Å². The third kappa shape index (κ3) is 5.69. The molecule has 0 spiro atoms. The molecule has 0 amide bonds. The number of carboxylic acid groups (broad SMARTS) is 1. The highest BCUT2D eigenvalue weighted by Gasteiger charge is 2.50. The number of carbonyl (C=O) groups is 1. The lowest BCUT2D eigenvalue weighted by Gasteiger charge is -2.29. The summed E-state index contributed by atoms with van der Waals surface area (Å²) in [6.45, 7) is 2.26. The Labute approximate surface area is 150 Å². The average Bonchev–Trinajstić information content (AvgIpc) is 3.03. The van der Waals surface area contributed by atoms with Crippen molar-refractivity contribution in [2.24, 2.45) is 11.8 Å². The highest BCUT2D eigenvalue weighted by Crippen LogP contribution is 2.50. The van der Waals surface area contributed by atoms with Crippen LogP contribution in [0.25, 0.3) is 0 Å². The molecule has 1 unspecified atom stereocenters. The Morgan fingerprint density at radius 3 is 2.92 bits per heavy atom. The molecule has 6 nitrogen and oxygen atoms in total. The summed E-state index contributed by atoms with van der Waals surface area (Å²) in [6, 6.07) is 0. The van der Waals surface area contributed by atoms with Gasteiger partial charge in [-0.1, -0.05) is 26.2 Å². The maximum absolute atomic E-state index is 11.1. The van der Waals surface area contributed by atoms with Gasteiger partial charge < -0.3 is 15.3 Å². The predicted molar refractivity (Wildman–Crippen MR) is 94.6 cm³/mol. The molecule has 4 N–H and O–H groups in total. The van der Waals surface area contributed by atoms with Gasteiger partial charge in [-0.2, -0.15) is 0 Å². The van der Waals surface area contributed by atoms with E-state index in [0.717, 1.165) is 63.5 Å². The van der Waals surface area contributed by atoms with Gasteiger partial charge in [-0.15, -0.1) is 0 Å². The van der Waals surface area contributed by atoms with Gasteiger partial charge in [0.1, 0.15) is 0 Å². The van der Waals surface area contributed by atoms with E-state index in [9.17, 15) is 15.0 Å². The number of hydrogen-bond donors (Lipinski definition) is 4. The van der Waals surface area contributed by atoms with Crippen LogP contribution in [0.5, 0.6) is 0 Å². The van der Waals surface area contributed by atoms with Gasteiger partial charge in [0.25, 0.3) is 0 Å². The summed E-state index contributed by atoms with van der Waals surface area (Å²) >= 11 is 0. The molecule has 0 aliphatic heterocycles. The lowest BCUT2D eigenvalue weighted by molar-refractivity contribution is -0.138. The van der Waals surface area contributed by atoms with E-state index in [4.69, 9.17) is 9.94 Å². The lowest BCUT2D eigenvalue weighted by atomic mass is 9.83. The summed E-state index contributed by atoms with van der Waals surface area (Å²) in [7, 11) is 0. The maximum atomic E-state index is 11.1. The summed E-state index contributed by atoms with van der Waals surface area (Å²) < 4.78 is 0. The van der Waals surface area contributed by atoms with Gasteiger partial charge in [0.15, 0.2) is 0 Å². The topological polar surface area (TPSA) is 99.0 Å². The van der Waals surface area contributed by atoms with Gasteiger partial charge in [0, 0.05) is 5.70 Å². The zero-order valence-electron chi connectivity index (χ0n) is 15.2. The van der Waals surface area contributed by atoms with Crippen molar-refractivity contribution in [3.63, 3.8) is 0 Å². The summed E-state index contributed by atoms with van der Waals surface area (Å²) in [6.07, 6.45) is 10.1. The number of aliphatic hydroxyl groups excluding tert-OH is 1. The van der Waals surface area contributed by atoms with Crippen molar-refractivity contribution in [2.45, 2.75) is 82.8 Å². The van der Waals surface area contributed by atoms with Gasteiger partial charge in [-0.05, 0) is 56.4 Å². The smallest absolute Gasteiger partial charge is 0.305 e. The normalized spacial score (nSPS) is 29.3. The molecule has 2 aliphatic rings. The number of fused-ring (bicyclic) bond motifs is 1. The lowest BCUT2D eigenvalue weighted by Crippen LogP contribution is -2.35. The van der Waals surface area contributed by atoms with Gasteiger partial charge in [-0.3, -0.25) is 15.1 Å². The molecule has 0 saturated heterocycles. The number of rotatable bonds is 12. The van der Waals surface area contributed by atoms with Crippen LogP contribution in [0, 0.1) is 11.8 Å². The van der Waals surface area contributed by atoms with E-state index in [1.54, 1.807) is 0 Å². The van der Waals surface area contributed by atoms with Crippen molar-refractivity contribution < 1.29 is 25.0 Å². The second-order valence-electron chi connectivity index (χ2n) is 7.55. The van der Waals surface area contributed by atoms with Crippen molar-refractivity contribution >= 4 is 5.97 Å². The summed E-state index contributed by atoms with van der Waals surface area (Å²) in [4.78, 5) is 15.7. The quantitative estimate of drug-likeness (QED) is 0.317. The number of hydroxylamine groups is 1. The molecule has 1 saturated carbocycles. The second-order valence-corrected chi connectivity index (χ2v) is 7.55. The fourth-order valence-electron chi connectivity index (χ4n) is 4.20. The molecular weight excluding hydrogens is 322 g/mol. The van der Waals surface area contributed by atoms with Crippen LogP contribution in [0.15, 0.2) is 11.8 Å². The molecule has 6 heteroatoms. The number of carboxylic acids is 1. The van der Waals surface area contributed by atoms with Crippen LogP contribution in [0.3, 0.4) is 0 Å². The molecule has 144 valence electrons. The first-order valence-corrected chi connectivity index (χ1v) is 9.67. The summed E-state index contributed by atoms with van der Waals surface area (Å²) in [5.74, 6) is -0.521. The first-order valence-electron chi connectivity index (χ1n) is 9.67. The van der Waals surface area contributed by atoms with Gasteiger partial charge >= 0.3 is 5.97 Å². The fourth-order valence-corrected chi connectivity index (χ4v) is 4.20. The Morgan fingerprint density at radius 1 is 1.40 bits per heavy atom. The third-order valence-corrected chi connectivity index (χ3v) is 5.65. The van der Waals surface area contributed by atoms with Crippen LogP contribution in [-0.4, -0.2) is 39.6 Å². The van der Waals surface area contributed by atoms with Crippen LogP contribution in [0.4, 0.5) is 0 Å². The summed E-state index contributed by atoms with van der Waals surface area (Å²) in [5, 5.41) is 29.8. The van der Waals surface area contributed by atoms with Crippen LogP contribution in [0.1, 0.15) is 71.1 Å². The van der Waals surface area contributed by atoms with Crippen molar-refractivity contribution in [1.82, 2.24) is 5.48 Å². The summed E-state index contributed by atoms with van der Waals surface area (Å²) in [5.41, 5.74) is 2.82. The number of aliphatic carboxylic acids is 1. The monoisotopic (exact) mass is 355 g/mol. The first-order chi connectivity index (χ1) is 12.0. The number of aliphatic hydroxyl groups is 2. The molecule has 0 radical (unpaired) electrons. The van der Waals surface area contributed by atoms with E-state index in [1.165, 1.54) is 0 Å². The predicted octanol–water partition coefficient (Wildman–Crippen LogP) is 2.75. The van der Waals surface area contributed by atoms with Crippen LogP contribution in [-0.2, 0) is 9.63 Å². The SMILES string of the molecule is CCCCCC(O)CC[C@@H]1CC[C@H]2CC(NOCCC(=O)O)=C[C@@]12O. The van der Waals surface area contributed by atoms with E-state index in [-0.39, 0.29) is 31.0 Å². The van der Waals surface area contributed by atoms with Gasteiger partial charge in [-0.25, -0.2) is 0 Å². The molecule has 0 aromatic heterocycles. The van der Waals surface area contributed by atoms with Crippen molar-refractivity contribution in [3.8, 4) is 0 Å². The molecule has 0 aromatic rings. The van der Waals surface area contributed by atoms with E-state index in [2.05, 4.69) is 12.4 Å². The highest BCUT2D eigenvalue weighted by atomic mass is 16.6. The van der Waals surface area contributed by atoms with E-state index >= 15 is 0 Å². The highest BCUT2D eigenvalue weighted by molar-refractivity contribution is 5.66. The zero-order chi connectivity index (χ0) is 18.3. The van der Waals surface area contributed by atoms with E-state index < -0.39 is 11.6 Å². The number of hydrogen-bond acceptors (Lipinski definition) is 5. The molecule has 25 heavy (non-hydrogen) atoms. The maximum Gasteiger partial charge on any atom is 0.305 e. The molecule has 0 bridgehead atoms. The first kappa shape index (κ1) is 20.2. The van der Waals surface area contributed by atoms with Crippen LogP contribution >= 0.6 is 0 Å². The molecular formula is C19H33NO5. The Bertz CT molecular complexity index is 467. The van der Waals surface area contributed by atoms with E-state index in [0.29, 0.717) is 0 Å². The Kier molecular flexibility index (Phi) is 7.72. The minimum absolute atomic E-state index is 0.0491. The molecule has 2 aliphatic carbocycles.